The van der Waals surface area contributed by atoms with Gasteiger partial charge in [0.25, 0.3) is 0 Å². The molecule has 90 valence electrons. The van der Waals surface area contributed by atoms with E-state index in [1.54, 1.807) is 0 Å². The Morgan fingerprint density at radius 2 is 1.60 bits per heavy atom. The molecule has 2 atom stereocenters. The van der Waals surface area contributed by atoms with Gasteiger partial charge in [0.2, 0.25) is 0 Å². The molecule has 0 spiro atoms. The molecule has 1 aliphatic carbocycles. The zero-order valence-corrected chi connectivity index (χ0v) is 11.6. The van der Waals surface area contributed by atoms with E-state index in [-0.39, 0.29) is 0 Å². The van der Waals surface area contributed by atoms with E-state index in [0.29, 0.717) is 16.9 Å². The number of hydrogen-bond acceptors (Lipinski definition) is 1. The molecule has 1 nitrogen and oxygen atoms in total. The second-order valence-corrected chi connectivity index (χ2v) is 6.50. The Morgan fingerprint density at radius 3 is 1.87 bits per heavy atom. The van der Waals surface area contributed by atoms with Crippen molar-refractivity contribution in [2.45, 2.75) is 60.4 Å². The first-order chi connectivity index (χ1) is 6.80. The van der Waals surface area contributed by atoms with Crippen LogP contribution in [0.2, 0.25) is 0 Å². The average Bonchev–Trinajstić information content (AvgIpc) is 2.50. The largest absolute Gasteiger partial charge is 0.316 e. The van der Waals surface area contributed by atoms with Crippen molar-refractivity contribution in [3.63, 3.8) is 0 Å². The summed E-state index contributed by atoms with van der Waals surface area (Å²) in [7, 11) is 2.13. The van der Waals surface area contributed by atoms with E-state index in [4.69, 9.17) is 0 Å². The van der Waals surface area contributed by atoms with E-state index in [1.165, 1.54) is 12.8 Å². The monoisotopic (exact) mass is 211 g/mol. The molecule has 0 aromatic carbocycles. The molecule has 15 heavy (non-hydrogen) atoms. The predicted molar refractivity (Wildman–Crippen MR) is 68.0 cm³/mol. The van der Waals surface area contributed by atoms with E-state index in [2.05, 4.69) is 53.9 Å². The van der Waals surface area contributed by atoms with Crippen LogP contribution in [0.4, 0.5) is 0 Å². The molecule has 1 fully saturated rings. The van der Waals surface area contributed by atoms with Gasteiger partial charge in [0, 0.05) is 6.04 Å². The fourth-order valence-corrected chi connectivity index (χ4v) is 3.56. The van der Waals surface area contributed by atoms with Crippen molar-refractivity contribution in [1.82, 2.24) is 5.32 Å². The molecular weight excluding hydrogens is 182 g/mol. The van der Waals surface area contributed by atoms with Gasteiger partial charge in [-0.1, -0.05) is 48.0 Å². The highest BCUT2D eigenvalue weighted by atomic mass is 14.9. The molecule has 2 unspecified atom stereocenters. The fourth-order valence-electron chi connectivity index (χ4n) is 3.56. The summed E-state index contributed by atoms with van der Waals surface area (Å²) in [5, 5.41) is 3.56. The van der Waals surface area contributed by atoms with Gasteiger partial charge in [0.15, 0.2) is 0 Å². The lowest BCUT2D eigenvalue weighted by Crippen LogP contribution is -2.36. The summed E-state index contributed by atoms with van der Waals surface area (Å²) in [6.07, 6.45) is 2.64. The first kappa shape index (κ1) is 13.0. The molecule has 0 bridgehead atoms. The Balaban J connectivity index is 2.70. The third kappa shape index (κ3) is 1.95. The predicted octanol–water partition coefficient (Wildman–Crippen LogP) is 3.69. The van der Waals surface area contributed by atoms with Crippen molar-refractivity contribution in [1.29, 1.82) is 0 Å². The first-order valence-electron chi connectivity index (χ1n) is 6.48. The van der Waals surface area contributed by atoms with Gasteiger partial charge in [0.1, 0.15) is 0 Å². The average molecular weight is 211 g/mol. The number of nitrogens with one attached hydrogen (secondary N) is 1. The Hall–Kier alpha value is -0.0400. The minimum absolute atomic E-state index is 0.503. The zero-order chi connectivity index (χ0) is 11.9. The second-order valence-electron chi connectivity index (χ2n) is 6.50. The normalized spacial score (nSPS) is 27.4. The van der Waals surface area contributed by atoms with Gasteiger partial charge in [-0.15, -0.1) is 0 Å². The Labute approximate surface area is 96.0 Å². The Bertz CT molecular complexity index is 203. The maximum absolute atomic E-state index is 3.56. The van der Waals surface area contributed by atoms with E-state index >= 15 is 0 Å². The van der Waals surface area contributed by atoms with Crippen molar-refractivity contribution in [2.75, 3.05) is 7.05 Å². The summed E-state index contributed by atoms with van der Waals surface area (Å²) in [4.78, 5) is 0. The van der Waals surface area contributed by atoms with Gasteiger partial charge in [-0.3, -0.25) is 0 Å². The van der Waals surface area contributed by atoms with Crippen LogP contribution in [0.25, 0.3) is 0 Å². The van der Waals surface area contributed by atoms with Gasteiger partial charge in [-0.2, -0.15) is 0 Å². The van der Waals surface area contributed by atoms with Gasteiger partial charge in [-0.05, 0) is 36.1 Å². The van der Waals surface area contributed by atoms with Crippen LogP contribution in [-0.2, 0) is 0 Å². The molecule has 1 saturated carbocycles. The van der Waals surface area contributed by atoms with Crippen LogP contribution in [0, 0.1) is 22.7 Å². The Kier molecular flexibility index (Phi) is 3.55. The summed E-state index contributed by atoms with van der Waals surface area (Å²) in [6, 6.07) is 0.690. The highest BCUT2D eigenvalue weighted by Gasteiger charge is 2.67. The topological polar surface area (TPSA) is 12.0 Å². The fraction of sp³-hybridized carbons (Fsp3) is 1.00. The molecule has 0 amide bonds. The number of hydrogen-bond donors (Lipinski definition) is 1. The first-order valence-corrected chi connectivity index (χ1v) is 6.48. The van der Waals surface area contributed by atoms with Crippen molar-refractivity contribution in [2.24, 2.45) is 22.7 Å². The quantitative estimate of drug-likeness (QED) is 0.731. The number of rotatable bonds is 5. The highest BCUT2D eigenvalue weighted by molar-refractivity contribution is 5.16. The third-order valence-corrected chi connectivity index (χ3v) is 5.18. The maximum Gasteiger partial charge on any atom is 0.0129 e. The molecule has 0 radical (unpaired) electrons. The SMILES string of the molecule is CCCC(C)C(NC)C1C(C)(C)C1(C)C. The van der Waals surface area contributed by atoms with Gasteiger partial charge >= 0.3 is 0 Å². The second kappa shape index (κ2) is 4.08. The van der Waals surface area contributed by atoms with Crippen molar-refractivity contribution in [3.05, 3.63) is 0 Å². The van der Waals surface area contributed by atoms with E-state index in [1.807, 2.05) is 0 Å². The van der Waals surface area contributed by atoms with Gasteiger partial charge < -0.3 is 5.32 Å². The summed E-state index contributed by atoms with van der Waals surface area (Å²) in [5.74, 6) is 1.63. The van der Waals surface area contributed by atoms with Crippen LogP contribution in [-0.4, -0.2) is 13.1 Å². The molecular formula is C14H29N. The lowest BCUT2D eigenvalue weighted by Gasteiger charge is -2.25. The van der Waals surface area contributed by atoms with Gasteiger partial charge in [0.05, 0.1) is 0 Å². The summed E-state index contributed by atoms with van der Waals surface area (Å²) < 4.78 is 0. The summed E-state index contributed by atoms with van der Waals surface area (Å²) in [6.45, 7) is 14.4. The lowest BCUT2D eigenvalue weighted by atomic mass is 9.89. The molecule has 1 heteroatoms. The minimum atomic E-state index is 0.503. The van der Waals surface area contributed by atoms with Crippen LogP contribution in [0.1, 0.15) is 54.4 Å². The smallest absolute Gasteiger partial charge is 0.0129 e. The van der Waals surface area contributed by atoms with Crippen LogP contribution in [0.3, 0.4) is 0 Å². The maximum atomic E-state index is 3.56. The molecule has 0 saturated heterocycles. The Morgan fingerprint density at radius 1 is 1.13 bits per heavy atom. The molecule has 1 N–H and O–H groups in total. The van der Waals surface area contributed by atoms with Crippen molar-refractivity contribution >= 4 is 0 Å². The van der Waals surface area contributed by atoms with Crippen LogP contribution < -0.4 is 5.32 Å². The summed E-state index contributed by atoms with van der Waals surface area (Å²) >= 11 is 0. The van der Waals surface area contributed by atoms with E-state index < -0.39 is 0 Å². The molecule has 1 aliphatic rings. The van der Waals surface area contributed by atoms with Crippen LogP contribution in [0.5, 0.6) is 0 Å². The van der Waals surface area contributed by atoms with Gasteiger partial charge in [-0.25, -0.2) is 0 Å². The third-order valence-electron chi connectivity index (χ3n) is 5.18. The van der Waals surface area contributed by atoms with Crippen molar-refractivity contribution in [3.8, 4) is 0 Å². The molecule has 0 heterocycles. The standard InChI is InChI=1S/C14H29N/c1-8-9-10(2)11(15-7)12-13(3,4)14(12,5)6/h10-12,15H,8-9H2,1-7H3. The molecule has 0 aromatic rings. The molecule has 0 aliphatic heterocycles. The summed E-state index contributed by atoms with van der Waals surface area (Å²) in [5.41, 5.74) is 1.01. The van der Waals surface area contributed by atoms with E-state index in [0.717, 1.165) is 11.8 Å². The molecule has 0 aromatic heterocycles. The zero-order valence-electron chi connectivity index (χ0n) is 11.6. The van der Waals surface area contributed by atoms with Crippen molar-refractivity contribution < 1.29 is 0 Å². The highest BCUT2D eigenvalue weighted by Crippen LogP contribution is 2.70. The molecule has 1 rings (SSSR count). The van der Waals surface area contributed by atoms with Crippen LogP contribution in [0.15, 0.2) is 0 Å². The minimum Gasteiger partial charge on any atom is -0.316 e. The van der Waals surface area contributed by atoms with Crippen LogP contribution >= 0.6 is 0 Å². The van der Waals surface area contributed by atoms with E-state index in [9.17, 15) is 0 Å². The lowest BCUT2D eigenvalue weighted by molar-refractivity contribution is 0.301.